The molecule has 0 aromatic heterocycles. The number of allylic oxidation sites excluding steroid dienone is 1. The standard InChI is InChI=1S/C13H16/c1-3-6-11-9-12-7-4-5-8-13(12)10(11)2/h4-5,7-10H,3,6H2,1-2H3. The van der Waals surface area contributed by atoms with Gasteiger partial charge in [-0.05, 0) is 17.5 Å². The lowest BCUT2D eigenvalue weighted by Crippen LogP contribution is -1.92. The highest BCUT2D eigenvalue weighted by molar-refractivity contribution is 5.66. The van der Waals surface area contributed by atoms with Gasteiger partial charge in [-0.15, -0.1) is 0 Å². The lowest BCUT2D eigenvalue weighted by Gasteiger charge is -2.09. The van der Waals surface area contributed by atoms with Gasteiger partial charge in [0.05, 0.1) is 0 Å². The molecule has 0 heterocycles. The third-order valence-corrected chi connectivity index (χ3v) is 2.90. The zero-order valence-electron chi connectivity index (χ0n) is 8.38. The van der Waals surface area contributed by atoms with Crippen LogP contribution in [0.25, 0.3) is 6.08 Å². The zero-order valence-corrected chi connectivity index (χ0v) is 8.38. The molecule has 0 N–H and O–H groups in total. The van der Waals surface area contributed by atoms with Gasteiger partial charge >= 0.3 is 0 Å². The average Bonchev–Trinajstić information content (AvgIpc) is 2.46. The monoisotopic (exact) mass is 172 g/mol. The van der Waals surface area contributed by atoms with Crippen molar-refractivity contribution < 1.29 is 0 Å². The first kappa shape index (κ1) is 8.55. The molecule has 0 amide bonds. The largest absolute Gasteiger partial charge is 0.0651 e. The minimum atomic E-state index is 0.649. The number of fused-ring (bicyclic) bond motifs is 1. The van der Waals surface area contributed by atoms with E-state index in [0.717, 1.165) is 0 Å². The summed E-state index contributed by atoms with van der Waals surface area (Å²) in [5, 5.41) is 0. The number of rotatable bonds is 2. The highest BCUT2D eigenvalue weighted by Crippen LogP contribution is 2.37. The van der Waals surface area contributed by atoms with E-state index < -0.39 is 0 Å². The van der Waals surface area contributed by atoms with Crippen LogP contribution >= 0.6 is 0 Å². The average molecular weight is 172 g/mol. The van der Waals surface area contributed by atoms with Crippen LogP contribution in [0.5, 0.6) is 0 Å². The van der Waals surface area contributed by atoms with Crippen LogP contribution < -0.4 is 0 Å². The van der Waals surface area contributed by atoms with Crippen LogP contribution in [-0.2, 0) is 0 Å². The van der Waals surface area contributed by atoms with E-state index in [-0.39, 0.29) is 0 Å². The summed E-state index contributed by atoms with van der Waals surface area (Å²) in [4.78, 5) is 0. The number of benzene rings is 1. The molecular formula is C13H16. The van der Waals surface area contributed by atoms with Crippen molar-refractivity contribution in [1.29, 1.82) is 0 Å². The molecule has 0 aliphatic heterocycles. The summed E-state index contributed by atoms with van der Waals surface area (Å²) in [5.41, 5.74) is 4.54. The summed E-state index contributed by atoms with van der Waals surface area (Å²) in [6.07, 6.45) is 4.86. The van der Waals surface area contributed by atoms with E-state index in [1.807, 2.05) is 0 Å². The Morgan fingerprint density at radius 2 is 2.00 bits per heavy atom. The van der Waals surface area contributed by atoms with E-state index in [4.69, 9.17) is 0 Å². The van der Waals surface area contributed by atoms with Crippen LogP contribution in [0.1, 0.15) is 43.7 Å². The second-order valence-electron chi connectivity index (χ2n) is 3.82. The maximum absolute atomic E-state index is 2.36. The molecule has 0 heteroatoms. The topological polar surface area (TPSA) is 0 Å². The highest BCUT2D eigenvalue weighted by atomic mass is 14.2. The van der Waals surface area contributed by atoms with E-state index in [9.17, 15) is 0 Å². The maximum atomic E-state index is 2.36. The summed E-state index contributed by atoms with van der Waals surface area (Å²) < 4.78 is 0. The maximum Gasteiger partial charge on any atom is 0.00290 e. The Morgan fingerprint density at radius 1 is 1.23 bits per heavy atom. The van der Waals surface area contributed by atoms with Gasteiger partial charge in [0.25, 0.3) is 0 Å². The van der Waals surface area contributed by atoms with Gasteiger partial charge in [-0.2, -0.15) is 0 Å². The molecule has 0 bridgehead atoms. The summed E-state index contributed by atoms with van der Waals surface area (Å²) >= 11 is 0. The van der Waals surface area contributed by atoms with Crippen molar-refractivity contribution in [3.05, 3.63) is 41.0 Å². The zero-order chi connectivity index (χ0) is 9.26. The summed E-state index contributed by atoms with van der Waals surface area (Å²) in [5.74, 6) is 0.649. The fourth-order valence-corrected chi connectivity index (χ4v) is 2.14. The molecule has 0 saturated carbocycles. The van der Waals surface area contributed by atoms with Gasteiger partial charge in [-0.1, -0.05) is 56.2 Å². The van der Waals surface area contributed by atoms with Crippen molar-refractivity contribution in [2.45, 2.75) is 32.6 Å². The summed E-state index contributed by atoms with van der Waals surface area (Å²) in [7, 11) is 0. The Hall–Kier alpha value is -1.04. The summed E-state index contributed by atoms with van der Waals surface area (Å²) in [6.45, 7) is 4.56. The first-order valence-electron chi connectivity index (χ1n) is 5.12. The third kappa shape index (κ3) is 1.41. The first-order valence-corrected chi connectivity index (χ1v) is 5.12. The normalized spacial score (nSPS) is 19.8. The van der Waals surface area contributed by atoms with Gasteiger partial charge in [-0.3, -0.25) is 0 Å². The minimum absolute atomic E-state index is 0.649. The Balaban J connectivity index is 2.33. The van der Waals surface area contributed by atoms with Crippen molar-refractivity contribution in [1.82, 2.24) is 0 Å². The molecular weight excluding hydrogens is 156 g/mol. The molecule has 0 fully saturated rings. The summed E-state index contributed by atoms with van der Waals surface area (Å²) in [6, 6.07) is 8.72. The third-order valence-electron chi connectivity index (χ3n) is 2.90. The van der Waals surface area contributed by atoms with Crippen LogP contribution in [0.15, 0.2) is 29.8 Å². The first-order chi connectivity index (χ1) is 6.33. The van der Waals surface area contributed by atoms with Gasteiger partial charge in [-0.25, -0.2) is 0 Å². The van der Waals surface area contributed by atoms with Crippen molar-refractivity contribution in [2.24, 2.45) is 0 Å². The quantitative estimate of drug-likeness (QED) is 0.632. The Labute approximate surface area is 80.3 Å². The molecule has 13 heavy (non-hydrogen) atoms. The van der Waals surface area contributed by atoms with Crippen molar-refractivity contribution in [2.75, 3.05) is 0 Å². The second-order valence-corrected chi connectivity index (χ2v) is 3.82. The SMILES string of the molecule is CCCC1=Cc2ccccc2C1C. The van der Waals surface area contributed by atoms with Crippen LogP contribution in [0.3, 0.4) is 0 Å². The Morgan fingerprint density at radius 3 is 2.69 bits per heavy atom. The van der Waals surface area contributed by atoms with Gasteiger partial charge in [0.15, 0.2) is 0 Å². The molecule has 0 nitrogen and oxygen atoms in total. The van der Waals surface area contributed by atoms with E-state index in [1.54, 1.807) is 5.57 Å². The fraction of sp³-hybridized carbons (Fsp3) is 0.385. The van der Waals surface area contributed by atoms with E-state index >= 15 is 0 Å². The predicted molar refractivity (Wildman–Crippen MR) is 57.7 cm³/mol. The molecule has 1 atom stereocenters. The van der Waals surface area contributed by atoms with Gasteiger partial charge in [0, 0.05) is 5.92 Å². The van der Waals surface area contributed by atoms with Crippen LogP contribution in [0, 0.1) is 0 Å². The van der Waals surface area contributed by atoms with E-state index in [1.165, 1.54) is 24.0 Å². The molecule has 1 aliphatic carbocycles. The van der Waals surface area contributed by atoms with Crippen molar-refractivity contribution in [3.63, 3.8) is 0 Å². The number of hydrogen-bond acceptors (Lipinski definition) is 0. The van der Waals surface area contributed by atoms with Crippen LogP contribution in [-0.4, -0.2) is 0 Å². The highest BCUT2D eigenvalue weighted by Gasteiger charge is 2.19. The molecule has 1 unspecified atom stereocenters. The molecule has 2 rings (SSSR count). The van der Waals surface area contributed by atoms with Gasteiger partial charge in [0.2, 0.25) is 0 Å². The predicted octanol–water partition coefficient (Wildman–Crippen LogP) is 3.99. The molecule has 68 valence electrons. The fourth-order valence-electron chi connectivity index (χ4n) is 2.14. The molecule has 0 radical (unpaired) electrons. The Kier molecular flexibility index (Phi) is 2.22. The number of hydrogen-bond donors (Lipinski definition) is 0. The van der Waals surface area contributed by atoms with Gasteiger partial charge < -0.3 is 0 Å². The van der Waals surface area contributed by atoms with E-state index in [0.29, 0.717) is 5.92 Å². The lowest BCUT2D eigenvalue weighted by molar-refractivity contribution is 0.803. The Bertz CT molecular complexity index is 334. The van der Waals surface area contributed by atoms with Crippen LogP contribution in [0.4, 0.5) is 0 Å². The molecule has 1 aromatic carbocycles. The lowest BCUT2D eigenvalue weighted by atomic mass is 9.95. The van der Waals surface area contributed by atoms with Gasteiger partial charge in [0.1, 0.15) is 0 Å². The van der Waals surface area contributed by atoms with Crippen molar-refractivity contribution >= 4 is 6.08 Å². The van der Waals surface area contributed by atoms with Crippen molar-refractivity contribution in [3.8, 4) is 0 Å². The minimum Gasteiger partial charge on any atom is -0.0651 e. The molecule has 0 saturated heterocycles. The molecule has 1 aliphatic rings. The molecule has 1 aromatic rings. The second kappa shape index (κ2) is 3.37. The van der Waals surface area contributed by atoms with Crippen LogP contribution in [0.2, 0.25) is 0 Å². The van der Waals surface area contributed by atoms with E-state index in [2.05, 4.69) is 44.2 Å². The smallest absolute Gasteiger partial charge is 0.00290 e. The molecule has 0 spiro atoms.